The summed E-state index contributed by atoms with van der Waals surface area (Å²) < 4.78 is 0. The molecule has 0 fully saturated rings. The number of amides is 1. The molecule has 0 aliphatic rings. The SMILES string of the molecule is Cc1cc(-c2ccc(NC(=O)c3ccc4nc[nH]c4c3)cc2)n[nH]1. The van der Waals surface area contributed by atoms with Gasteiger partial charge < -0.3 is 10.3 Å². The normalized spacial score (nSPS) is 10.9. The molecule has 0 saturated carbocycles. The maximum Gasteiger partial charge on any atom is 0.255 e. The highest BCUT2D eigenvalue weighted by Crippen LogP contribution is 2.20. The minimum Gasteiger partial charge on any atom is -0.345 e. The molecule has 2 aromatic carbocycles. The Kier molecular flexibility index (Phi) is 3.35. The van der Waals surface area contributed by atoms with Crippen molar-refractivity contribution < 1.29 is 4.79 Å². The van der Waals surface area contributed by atoms with Crippen molar-refractivity contribution in [1.29, 1.82) is 0 Å². The zero-order valence-corrected chi connectivity index (χ0v) is 13.0. The molecule has 6 heteroatoms. The van der Waals surface area contributed by atoms with E-state index < -0.39 is 0 Å². The third kappa shape index (κ3) is 2.65. The number of hydrogen-bond acceptors (Lipinski definition) is 3. The quantitative estimate of drug-likeness (QED) is 0.540. The average molecular weight is 317 g/mol. The van der Waals surface area contributed by atoms with Crippen LogP contribution in [0.2, 0.25) is 0 Å². The Labute approximate surface area is 137 Å². The Morgan fingerprint density at radius 2 is 1.92 bits per heavy atom. The van der Waals surface area contributed by atoms with Crippen LogP contribution in [0, 0.1) is 6.92 Å². The van der Waals surface area contributed by atoms with E-state index in [0.29, 0.717) is 5.56 Å². The van der Waals surface area contributed by atoms with Crippen molar-refractivity contribution in [2.24, 2.45) is 0 Å². The lowest BCUT2D eigenvalue weighted by atomic mass is 10.1. The van der Waals surface area contributed by atoms with Crippen molar-refractivity contribution in [2.75, 3.05) is 5.32 Å². The van der Waals surface area contributed by atoms with Crippen LogP contribution in [0.4, 0.5) is 5.69 Å². The smallest absolute Gasteiger partial charge is 0.255 e. The molecule has 2 heterocycles. The molecule has 0 saturated heterocycles. The number of nitrogens with one attached hydrogen (secondary N) is 3. The van der Waals surface area contributed by atoms with Crippen LogP contribution in [0.5, 0.6) is 0 Å². The number of benzene rings is 2. The second-order valence-electron chi connectivity index (χ2n) is 5.60. The van der Waals surface area contributed by atoms with Crippen molar-refractivity contribution in [3.63, 3.8) is 0 Å². The molecule has 0 atom stereocenters. The summed E-state index contributed by atoms with van der Waals surface area (Å²) in [6.07, 6.45) is 1.61. The summed E-state index contributed by atoms with van der Waals surface area (Å²) in [5.41, 5.74) is 5.89. The highest BCUT2D eigenvalue weighted by Gasteiger charge is 2.08. The zero-order chi connectivity index (χ0) is 16.5. The van der Waals surface area contributed by atoms with Gasteiger partial charge in [-0.2, -0.15) is 5.10 Å². The van der Waals surface area contributed by atoms with E-state index in [1.165, 1.54) is 0 Å². The molecule has 3 N–H and O–H groups in total. The molecule has 1 amide bonds. The summed E-state index contributed by atoms with van der Waals surface area (Å²) in [5.74, 6) is -0.158. The predicted octanol–water partition coefficient (Wildman–Crippen LogP) is 3.51. The summed E-state index contributed by atoms with van der Waals surface area (Å²) in [6.45, 7) is 1.96. The predicted molar refractivity (Wildman–Crippen MR) is 92.8 cm³/mol. The molecule has 0 unspecified atom stereocenters. The minimum absolute atomic E-state index is 0.158. The van der Waals surface area contributed by atoms with Crippen LogP contribution in [0.1, 0.15) is 16.1 Å². The van der Waals surface area contributed by atoms with Crippen LogP contribution >= 0.6 is 0 Å². The van der Waals surface area contributed by atoms with Gasteiger partial charge in [0.25, 0.3) is 5.91 Å². The number of anilines is 1. The van der Waals surface area contributed by atoms with Crippen LogP contribution in [0.15, 0.2) is 54.9 Å². The molecular formula is C18H15N5O. The number of carbonyl (C=O) groups excluding carboxylic acids is 1. The Hall–Kier alpha value is -3.41. The maximum absolute atomic E-state index is 12.4. The topological polar surface area (TPSA) is 86.5 Å². The van der Waals surface area contributed by atoms with E-state index >= 15 is 0 Å². The van der Waals surface area contributed by atoms with Gasteiger partial charge in [-0.25, -0.2) is 4.98 Å². The van der Waals surface area contributed by atoms with E-state index in [-0.39, 0.29) is 5.91 Å². The number of nitrogens with zero attached hydrogens (tertiary/aromatic N) is 2. The lowest BCUT2D eigenvalue weighted by Gasteiger charge is -2.06. The first-order valence-corrected chi connectivity index (χ1v) is 7.56. The minimum atomic E-state index is -0.158. The van der Waals surface area contributed by atoms with Gasteiger partial charge in [-0.3, -0.25) is 9.89 Å². The summed E-state index contributed by atoms with van der Waals surface area (Å²) in [4.78, 5) is 19.5. The van der Waals surface area contributed by atoms with E-state index in [2.05, 4.69) is 25.5 Å². The largest absolute Gasteiger partial charge is 0.345 e. The van der Waals surface area contributed by atoms with Crippen LogP contribution in [-0.2, 0) is 0 Å². The fraction of sp³-hybridized carbons (Fsp3) is 0.0556. The molecule has 6 nitrogen and oxygen atoms in total. The number of imidazole rings is 1. The lowest BCUT2D eigenvalue weighted by Crippen LogP contribution is -2.11. The number of carbonyl (C=O) groups is 1. The lowest BCUT2D eigenvalue weighted by molar-refractivity contribution is 0.102. The Bertz CT molecular complexity index is 1010. The fourth-order valence-electron chi connectivity index (χ4n) is 2.57. The average Bonchev–Trinajstić information content (AvgIpc) is 3.23. The Morgan fingerprint density at radius 1 is 1.08 bits per heavy atom. The van der Waals surface area contributed by atoms with Gasteiger partial charge in [0, 0.05) is 22.5 Å². The van der Waals surface area contributed by atoms with E-state index in [1.54, 1.807) is 18.5 Å². The van der Waals surface area contributed by atoms with E-state index in [0.717, 1.165) is 33.7 Å². The third-order valence-corrected chi connectivity index (χ3v) is 3.83. The van der Waals surface area contributed by atoms with Gasteiger partial charge in [-0.05, 0) is 43.3 Å². The highest BCUT2D eigenvalue weighted by atomic mass is 16.1. The molecule has 24 heavy (non-hydrogen) atoms. The summed E-state index contributed by atoms with van der Waals surface area (Å²) in [5, 5.41) is 10.0. The first-order chi connectivity index (χ1) is 11.7. The van der Waals surface area contributed by atoms with E-state index in [4.69, 9.17) is 0 Å². The van der Waals surface area contributed by atoms with Crippen molar-refractivity contribution in [3.05, 3.63) is 66.1 Å². The van der Waals surface area contributed by atoms with Crippen molar-refractivity contribution in [2.45, 2.75) is 6.92 Å². The monoisotopic (exact) mass is 317 g/mol. The second kappa shape index (κ2) is 5.66. The number of fused-ring (bicyclic) bond motifs is 1. The van der Waals surface area contributed by atoms with E-state index in [1.807, 2.05) is 43.3 Å². The molecular weight excluding hydrogens is 302 g/mol. The zero-order valence-electron chi connectivity index (χ0n) is 13.0. The van der Waals surface area contributed by atoms with Gasteiger partial charge in [-0.1, -0.05) is 12.1 Å². The molecule has 0 aliphatic heterocycles. The van der Waals surface area contributed by atoms with E-state index in [9.17, 15) is 4.79 Å². The Balaban J connectivity index is 1.53. The van der Waals surface area contributed by atoms with Gasteiger partial charge in [-0.15, -0.1) is 0 Å². The molecule has 0 radical (unpaired) electrons. The highest BCUT2D eigenvalue weighted by molar-refractivity contribution is 6.05. The van der Waals surface area contributed by atoms with Crippen LogP contribution in [0.3, 0.4) is 0 Å². The molecule has 118 valence electrons. The fourth-order valence-corrected chi connectivity index (χ4v) is 2.57. The number of hydrogen-bond donors (Lipinski definition) is 3. The molecule has 2 aromatic heterocycles. The number of aromatic amines is 2. The molecule has 4 aromatic rings. The van der Waals surface area contributed by atoms with Crippen LogP contribution in [0.25, 0.3) is 22.3 Å². The first kappa shape index (κ1) is 14.2. The third-order valence-electron chi connectivity index (χ3n) is 3.83. The molecule has 0 spiro atoms. The number of rotatable bonds is 3. The maximum atomic E-state index is 12.4. The molecule has 0 bridgehead atoms. The van der Waals surface area contributed by atoms with Crippen molar-refractivity contribution >= 4 is 22.6 Å². The molecule has 0 aliphatic carbocycles. The number of aromatic nitrogens is 4. The van der Waals surface area contributed by atoms with Gasteiger partial charge >= 0.3 is 0 Å². The van der Waals surface area contributed by atoms with Crippen LogP contribution < -0.4 is 5.32 Å². The summed E-state index contributed by atoms with van der Waals surface area (Å²) >= 11 is 0. The van der Waals surface area contributed by atoms with Gasteiger partial charge in [0.05, 0.1) is 23.1 Å². The van der Waals surface area contributed by atoms with Gasteiger partial charge in [0.2, 0.25) is 0 Å². The Morgan fingerprint density at radius 3 is 2.67 bits per heavy atom. The molecule has 4 rings (SSSR count). The van der Waals surface area contributed by atoms with Gasteiger partial charge in [0.15, 0.2) is 0 Å². The summed E-state index contributed by atoms with van der Waals surface area (Å²) in [6, 6.07) is 15.0. The van der Waals surface area contributed by atoms with Crippen LogP contribution in [-0.4, -0.2) is 26.1 Å². The second-order valence-corrected chi connectivity index (χ2v) is 5.60. The van der Waals surface area contributed by atoms with Crippen molar-refractivity contribution in [3.8, 4) is 11.3 Å². The number of H-pyrrole nitrogens is 2. The van der Waals surface area contributed by atoms with Crippen molar-refractivity contribution in [1.82, 2.24) is 20.2 Å². The number of aryl methyl sites for hydroxylation is 1. The first-order valence-electron chi connectivity index (χ1n) is 7.56. The summed E-state index contributed by atoms with van der Waals surface area (Å²) in [7, 11) is 0. The standard InChI is InChI=1S/C18H15N5O/c1-11-8-16(23-22-11)12-2-5-14(6-3-12)21-18(24)13-4-7-15-17(9-13)20-10-19-15/h2-10H,1H3,(H,19,20)(H,21,24)(H,22,23). The van der Waals surface area contributed by atoms with Gasteiger partial charge in [0.1, 0.15) is 0 Å².